The molecule has 2 rings (SSSR count). The summed E-state index contributed by atoms with van der Waals surface area (Å²) in [5.41, 5.74) is 5.76. The minimum Gasteiger partial charge on any atom is -0.484 e. The molecule has 5 heteroatoms. The second kappa shape index (κ2) is 6.17. The van der Waals surface area contributed by atoms with Crippen LogP contribution in [0.2, 0.25) is 0 Å². The van der Waals surface area contributed by atoms with Gasteiger partial charge in [0.1, 0.15) is 11.9 Å². The van der Waals surface area contributed by atoms with Crippen molar-refractivity contribution in [1.82, 2.24) is 0 Å². The fraction of sp³-hybridized carbons (Fsp3) is 0.167. The average molecular weight is 424 g/mol. The van der Waals surface area contributed by atoms with Gasteiger partial charge in [-0.25, -0.2) is 0 Å². The van der Waals surface area contributed by atoms with E-state index < -0.39 is 0 Å². The van der Waals surface area contributed by atoms with Gasteiger partial charge in [0.05, 0.1) is 3.79 Å². The third kappa shape index (κ3) is 3.67. The summed E-state index contributed by atoms with van der Waals surface area (Å²) in [6.45, 7) is 0.471. The first-order valence-electron chi connectivity index (χ1n) is 5.06. The van der Waals surface area contributed by atoms with Crippen molar-refractivity contribution in [1.29, 1.82) is 0 Å². The third-order valence-corrected chi connectivity index (χ3v) is 4.59. The Kier molecular flexibility index (Phi) is 4.84. The predicted octanol–water partition coefficient (Wildman–Crippen LogP) is 4.19. The molecule has 0 aliphatic heterocycles. The molecule has 0 saturated heterocycles. The zero-order valence-corrected chi connectivity index (χ0v) is 13.5. The van der Waals surface area contributed by atoms with E-state index in [1.807, 2.05) is 36.4 Å². The van der Waals surface area contributed by atoms with Crippen molar-refractivity contribution < 1.29 is 4.74 Å². The Hall–Kier alpha value is -0.110. The molecule has 0 amide bonds. The summed E-state index contributed by atoms with van der Waals surface area (Å²) < 4.78 is 8.15. The van der Waals surface area contributed by atoms with Gasteiger partial charge in [0, 0.05) is 15.0 Å². The van der Waals surface area contributed by atoms with Gasteiger partial charge in [-0.15, -0.1) is 11.3 Å². The van der Waals surface area contributed by atoms with Crippen LogP contribution in [0.25, 0.3) is 0 Å². The Labute approximate surface area is 126 Å². The standard InChI is InChI=1S/C12H11BrINOS/c13-12-5-4-11(17-12)10(7-15)16-9-3-1-2-8(14)6-9/h1-6,10H,7,15H2. The monoisotopic (exact) mass is 423 g/mol. The lowest BCUT2D eigenvalue weighted by atomic mass is 10.3. The second-order valence-electron chi connectivity index (χ2n) is 3.44. The Morgan fingerprint density at radius 2 is 2.18 bits per heavy atom. The number of hydrogen-bond acceptors (Lipinski definition) is 3. The van der Waals surface area contributed by atoms with E-state index in [4.69, 9.17) is 10.5 Å². The third-order valence-electron chi connectivity index (χ3n) is 2.20. The van der Waals surface area contributed by atoms with Crippen molar-refractivity contribution in [2.24, 2.45) is 5.73 Å². The highest BCUT2D eigenvalue weighted by molar-refractivity contribution is 14.1. The maximum Gasteiger partial charge on any atom is 0.145 e. The molecule has 0 saturated carbocycles. The number of rotatable bonds is 4. The molecule has 2 N–H and O–H groups in total. The van der Waals surface area contributed by atoms with Gasteiger partial charge in [0.15, 0.2) is 0 Å². The molecule has 90 valence electrons. The molecule has 2 aromatic rings. The van der Waals surface area contributed by atoms with Gasteiger partial charge in [-0.2, -0.15) is 0 Å². The molecular formula is C12H11BrINOS. The van der Waals surface area contributed by atoms with Crippen LogP contribution in [0.15, 0.2) is 40.2 Å². The molecule has 0 aliphatic carbocycles. The molecule has 0 radical (unpaired) electrons. The summed E-state index contributed by atoms with van der Waals surface area (Å²) >= 11 is 7.37. The van der Waals surface area contributed by atoms with E-state index in [9.17, 15) is 0 Å². The van der Waals surface area contributed by atoms with Crippen LogP contribution in [-0.2, 0) is 0 Å². The highest BCUT2D eigenvalue weighted by Crippen LogP contribution is 2.30. The first-order valence-corrected chi connectivity index (χ1v) is 7.75. The van der Waals surface area contributed by atoms with Crippen molar-refractivity contribution in [3.05, 3.63) is 48.6 Å². The Balaban J connectivity index is 2.15. The van der Waals surface area contributed by atoms with Gasteiger partial charge in [-0.1, -0.05) is 6.07 Å². The highest BCUT2D eigenvalue weighted by Gasteiger charge is 2.13. The molecule has 1 aromatic carbocycles. The number of nitrogens with two attached hydrogens (primary N) is 1. The largest absolute Gasteiger partial charge is 0.484 e. The fourth-order valence-corrected chi connectivity index (χ4v) is 3.41. The van der Waals surface area contributed by atoms with E-state index in [1.54, 1.807) is 11.3 Å². The molecule has 1 unspecified atom stereocenters. The average Bonchev–Trinajstić information content (AvgIpc) is 2.73. The van der Waals surface area contributed by atoms with E-state index in [-0.39, 0.29) is 6.10 Å². The van der Waals surface area contributed by atoms with Crippen LogP contribution < -0.4 is 10.5 Å². The maximum atomic E-state index is 5.90. The summed E-state index contributed by atoms with van der Waals surface area (Å²) in [6.07, 6.45) is -0.0792. The second-order valence-corrected chi connectivity index (χ2v) is 7.18. The van der Waals surface area contributed by atoms with E-state index >= 15 is 0 Å². The lowest BCUT2D eigenvalue weighted by molar-refractivity contribution is 0.218. The van der Waals surface area contributed by atoms with Crippen molar-refractivity contribution >= 4 is 49.9 Å². The van der Waals surface area contributed by atoms with Crippen LogP contribution in [0.3, 0.4) is 0 Å². The van der Waals surface area contributed by atoms with E-state index in [1.165, 1.54) is 0 Å². The minimum atomic E-state index is -0.0792. The van der Waals surface area contributed by atoms with Gasteiger partial charge in [-0.05, 0) is 68.9 Å². The zero-order chi connectivity index (χ0) is 12.3. The van der Waals surface area contributed by atoms with Crippen molar-refractivity contribution in [2.45, 2.75) is 6.10 Å². The van der Waals surface area contributed by atoms with E-state index in [0.29, 0.717) is 6.54 Å². The molecule has 1 atom stereocenters. The van der Waals surface area contributed by atoms with E-state index in [0.717, 1.165) is 18.0 Å². The Morgan fingerprint density at radius 3 is 2.76 bits per heavy atom. The van der Waals surface area contributed by atoms with Crippen LogP contribution in [0.4, 0.5) is 0 Å². The maximum absolute atomic E-state index is 5.90. The highest BCUT2D eigenvalue weighted by atomic mass is 127. The van der Waals surface area contributed by atoms with Crippen LogP contribution in [0, 0.1) is 3.57 Å². The summed E-state index contributed by atoms with van der Waals surface area (Å²) in [7, 11) is 0. The molecule has 17 heavy (non-hydrogen) atoms. The molecule has 0 aliphatic rings. The normalized spacial score (nSPS) is 12.4. The molecule has 0 bridgehead atoms. The lowest BCUT2D eigenvalue weighted by Gasteiger charge is -2.16. The van der Waals surface area contributed by atoms with Gasteiger partial charge in [-0.3, -0.25) is 0 Å². The predicted molar refractivity (Wildman–Crippen MR) is 83.6 cm³/mol. The van der Waals surface area contributed by atoms with Crippen LogP contribution in [0.5, 0.6) is 5.75 Å². The first-order chi connectivity index (χ1) is 8.19. The van der Waals surface area contributed by atoms with Crippen LogP contribution in [-0.4, -0.2) is 6.54 Å². The molecule has 2 nitrogen and oxygen atoms in total. The van der Waals surface area contributed by atoms with Gasteiger partial charge < -0.3 is 10.5 Å². The molecule has 0 fully saturated rings. The van der Waals surface area contributed by atoms with Crippen molar-refractivity contribution in [3.8, 4) is 5.75 Å². The summed E-state index contributed by atoms with van der Waals surface area (Å²) in [4.78, 5) is 1.14. The van der Waals surface area contributed by atoms with Crippen LogP contribution >= 0.6 is 49.9 Å². The lowest BCUT2D eigenvalue weighted by Crippen LogP contribution is -2.17. The SMILES string of the molecule is NCC(Oc1cccc(I)c1)c1ccc(Br)s1. The molecule has 1 heterocycles. The number of ether oxygens (including phenoxy) is 1. The summed E-state index contributed by atoms with van der Waals surface area (Å²) in [5.74, 6) is 0.858. The van der Waals surface area contributed by atoms with Gasteiger partial charge in [0.25, 0.3) is 0 Å². The number of hydrogen-bond donors (Lipinski definition) is 1. The van der Waals surface area contributed by atoms with Gasteiger partial charge >= 0.3 is 0 Å². The Bertz CT molecular complexity index is 503. The van der Waals surface area contributed by atoms with Crippen molar-refractivity contribution in [3.63, 3.8) is 0 Å². The topological polar surface area (TPSA) is 35.2 Å². The minimum absolute atomic E-state index is 0.0792. The zero-order valence-electron chi connectivity index (χ0n) is 8.90. The number of halogens is 2. The molecular weight excluding hydrogens is 413 g/mol. The van der Waals surface area contributed by atoms with Crippen LogP contribution in [0.1, 0.15) is 11.0 Å². The first kappa shape index (κ1) is 13.3. The fourth-order valence-electron chi connectivity index (χ4n) is 1.43. The summed E-state index contributed by atoms with van der Waals surface area (Å²) in [5, 5.41) is 0. The molecule has 0 spiro atoms. The Morgan fingerprint density at radius 1 is 1.35 bits per heavy atom. The summed E-state index contributed by atoms with van der Waals surface area (Å²) in [6, 6.07) is 12.0. The van der Waals surface area contributed by atoms with E-state index in [2.05, 4.69) is 38.5 Å². The molecule has 1 aromatic heterocycles. The number of thiophene rings is 1. The quantitative estimate of drug-likeness (QED) is 0.748. The smallest absolute Gasteiger partial charge is 0.145 e. The number of benzene rings is 1. The van der Waals surface area contributed by atoms with Crippen molar-refractivity contribution in [2.75, 3.05) is 6.54 Å². The van der Waals surface area contributed by atoms with Gasteiger partial charge in [0.2, 0.25) is 0 Å².